The van der Waals surface area contributed by atoms with Crippen LogP contribution in [0.2, 0.25) is 0 Å². The normalized spacial score (nSPS) is 10.0. The van der Waals surface area contributed by atoms with Crippen molar-refractivity contribution in [3.05, 3.63) is 57.3 Å². The van der Waals surface area contributed by atoms with E-state index in [1.807, 2.05) is 19.1 Å². The summed E-state index contributed by atoms with van der Waals surface area (Å²) in [5, 5.41) is 11.6. The Morgan fingerprint density at radius 1 is 1.23 bits per heavy atom. The molecular weight excluding hydrogens is 296 g/mol. The summed E-state index contributed by atoms with van der Waals surface area (Å²) in [6.45, 7) is 2.31. The van der Waals surface area contributed by atoms with Crippen LogP contribution in [-0.4, -0.2) is 11.7 Å². The van der Waals surface area contributed by atoms with Crippen LogP contribution < -0.4 is 5.32 Å². The molecule has 0 unspecified atom stereocenters. The maximum Gasteiger partial charge on any atom is 0.220 e. The monoisotopic (exact) mass is 312 g/mol. The van der Waals surface area contributed by atoms with Gasteiger partial charge in [-0.15, -0.1) is 11.3 Å². The molecule has 0 bridgehead atoms. The summed E-state index contributed by atoms with van der Waals surface area (Å²) in [6, 6.07) is 12.8. The molecule has 1 N–H and O–H groups in total. The highest BCUT2D eigenvalue weighted by Crippen LogP contribution is 2.17. The fourth-order valence-electron chi connectivity index (χ4n) is 1.97. The summed E-state index contributed by atoms with van der Waals surface area (Å²) in [4.78, 5) is 25.5. The number of nitrogens with zero attached hydrogens (tertiary/aromatic N) is 1. The van der Waals surface area contributed by atoms with E-state index in [0.29, 0.717) is 17.0 Å². The minimum absolute atomic E-state index is 0.000252. The minimum Gasteiger partial charge on any atom is -0.352 e. The lowest BCUT2D eigenvalue weighted by Gasteiger charge is -2.05. The van der Waals surface area contributed by atoms with Gasteiger partial charge in [0.15, 0.2) is 5.78 Å². The summed E-state index contributed by atoms with van der Waals surface area (Å²) in [7, 11) is 0. The van der Waals surface area contributed by atoms with E-state index in [2.05, 4.69) is 11.4 Å². The van der Waals surface area contributed by atoms with Crippen LogP contribution in [-0.2, 0) is 11.3 Å². The zero-order valence-electron chi connectivity index (χ0n) is 12.3. The Hall–Kier alpha value is -2.45. The Morgan fingerprint density at radius 3 is 2.73 bits per heavy atom. The van der Waals surface area contributed by atoms with Crippen LogP contribution in [0.4, 0.5) is 0 Å². The molecule has 1 heterocycles. The molecule has 112 valence electrons. The molecular formula is C17H16N2O2S. The Morgan fingerprint density at radius 2 is 2.05 bits per heavy atom. The Labute approximate surface area is 133 Å². The van der Waals surface area contributed by atoms with Crippen LogP contribution in [0.25, 0.3) is 0 Å². The molecule has 0 spiro atoms. The van der Waals surface area contributed by atoms with Gasteiger partial charge in [0.1, 0.15) is 0 Å². The molecule has 1 aromatic carbocycles. The number of carbonyl (C=O) groups excluding carboxylic acids is 2. The van der Waals surface area contributed by atoms with Crippen molar-refractivity contribution in [2.75, 3.05) is 0 Å². The van der Waals surface area contributed by atoms with Crippen molar-refractivity contribution in [2.24, 2.45) is 0 Å². The first-order chi connectivity index (χ1) is 10.6. The van der Waals surface area contributed by atoms with Crippen molar-refractivity contribution in [1.82, 2.24) is 5.32 Å². The number of nitriles is 1. The van der Waals surface area contributed by atoms with E-state index in [4.69, 9.17) is 5.26 Å². The highest BCUT2D eigenvalue weighted by atomic mass is 32.1. The predicted molar refractivity (Wildman–Crippen MR) is 85.6 cm³/mol. The molecule has 4 nitrogen and oxygen atoms in total. The number of ketones is 1. The molecule has 22 heavy (non-hydrogen) atoms. The number of benzene rings is 1. The van der Waals surface area contributed by atoms with E-state index in [1.165, 1.54) is 11.3 Å². The second kappa shape index (κ2) is 7.53. The second-order valence-electron chi connectivity index (χ2n) is 4.92. The molecule has 0 saturated heterocycles. The molecule has 0 atom stereocenters. The maximum atomic E-state index is 11.9. The summed E-state index contributed by atoms with van der Waals surface area (Å²) >= 11 is 1.45. The largest absolute Gasteiger partial charge is 0.352 e. The summed E-state index contributed by atoms with van der Waals surface area (Å²) < 4.78 is 0. The molecule has 5 heteroatoms. The maximum absolute atomic E-state index is 11.9. The van der Waals surface area contributed by atoms with Gasteiger partial charge < -0.3 is 5.32 Å². The number of rotatable bonds is 6. The van der Waals surface area contributed by atoms with Crippen LogP contribution in [0.1, 0.15) is 38.5 Å². The third-order valence-electron chi connectivity index (χ3n) is 3.14. The lowest BCUT2D eigenvalue weighted by molar-refractivity contribution is -0.121. The van der Waals surface area contributed by atoms with Gasteiger partial charge in [-0.3, -0.25) is 9.59 Å². The van der Waals surface area contributed by atoms with Gasteiger partial charge in [-0.05, 0) is 36.8 Å². The number of hydrogen-bond donors (Lipinski definition) is 1. The highest BCUT2D eigenvalue weighted by molar-refractivity contribution is 7.14. The molecule has 0 aliphatic carbocycles. The van der Waals surface area contributed by atoms with Crippen LogP contribution in [0.5, 0.6) is 0 Å². The van der Waals surface area contributed by atoms with Crippen molar-refractivity contribution >= 4 is 23.0 Å². The van der Waals surface area contributed by atoms with E-state index < -0.39 is 0 Å². The van der Waals surface area contributed by atoms with Crippen LogP contribution in [0.15, 0.2) is 36.4 Å². The molecule has 2 rings (SSSR count). The Balaban J connectivity index is 1.78. The van der Waals surface area contributed by atoms with E-state index >= 15 is 0 Å². The van der Waals surface area contributed by atoms with E-state index in [1.54, 1.807) is 24.3 Å². The average molecular weight is 312 g/mol. The standard InChI is InChI=1S/C17H16N2O2S/c1-12-5-7-16(22-12)15(20)6-8-17(21)19-11-14-4-2-3-13(9-14)10-18/h2-5,7,9H,6,8,11H2,1H3,(H,19,21). The molecule has 1 amide bonds. The zero-order chi connectivity index (χ0) is 15.9. The van der Waals surface area contributed by atoms with Gasteiger partial charge in [-0.2, -0.15) is 5.26 Å². The minimum atomic E-state index is -0.163. The van der Waals surface area contributed by atoms with Gasteiger partial charge >= 0.3 is 0 Å². The van der Waals surface area contributed by atoms with Crippen molar-refractivity contribution in [2.45, 2.75) is 26.3 Å². The number of amides is 1. The first-order valence-electron chi connectivity index (χ1n) is 6.94. The van der Waals surface area contributed by atoms with Crippen molar-refractivity contribution < 1.29 is 9.59 Å². The van der Waals surface area contributed by atoms with Crippen molar-refractivity contribution in [3.63, 3.8) is 0 Å². The Bertz CT molecular complexity index is 728. The van der Waals surface area contributed by atoms with Crippen LogP contribution in [0.3, 0.4) is 0 Å². The zero-order valence-corrected chi connectivity index (χ0v) is 13.1. The lowest BCUT2D eigenvalue weighted by Crippen LogP contribution is -2.23. The number of nitrogens with one attached hydrogen (secondary N) is 1. The molecule has 0 radical (unpaired) electrons. The topological polar surface area (TPSA) is 70.0 Å². The SMILES string of the molecule is Cc1ccc(C(=O)CCC(=O)NCc2cccc(C#N)c2)s1. The molecule has 0 fully saturated rings. The molecule has 0 saturated carbocycles. The number of thiophene rings is 1. The molecule has 1 aromatic heterocycles. The third kappa shape index (κ3) is 4.54. The lowest BCUT2D eigenvalue weighted by atomic mass is 10.1. The van der Waals surface area contributed by atoms with Gasteiger partial charge in [0, 0.05) is 24.3 Å². The first-order valence-corrected chi connectivity index (χ1v) is 7.75. The van der Waals surface area contributed by atoms with E-state index in [0.717, 1.165) is 10.4 Å². The predicted octanol–water partition coefficient (Wildman–Crippen LogP) is 3.21. The quantitative estimate of drug-likeness (QED) is 0.833. The van der Waals surface area contributed by atoms with Crippen molar-refractivity contribution in [1.29, 1.82) is 5.26 Å². The number of hydrogen-bond acceptors (Lipinski definition) is 4. The number of Topliss-reactive ketones (excluding diaryl/α,β-unsaturated/α-hetero) is 1. The summed E-state index contributed by atoms with van der Waals surface area (Å²) in [5.41, 5.74) is 1.43. The van der Waals surface area contributed by atoms with E-state index in [-0.39, 0.29) is 24.5 Å². The molecule has 2 aromatic rings. The fourth-order valence-corrected chi connectivity index (χ4v) is 2.81. The van der Waals surface area contributed by atoms with Gasteiger partial charge in [0.2, 0.25) is 5.91 Å². The van der Waals surface area contributed by atoms with Gasteiger partial charge in [-0.25, -0.2) is 0 Å². The average Bonchev–Trinajstić information content (AvgIpc) is 2.97. The van der Waals surface area contributed by atoms with Gasteiger partial charge in [0.25, 0.3) is 0 Å². The fraction of sp³-hybridized carbons (Fsp3) is 0.235. The highest BCUT2D eigenvalue weighted by Gasteiger charge is 2.11. The summed E-state index contributed by atoms with van der Waals surface area (Å²) in [5.74, 6) is -0.163. The third-order valence-corrected chi connectivity index (χ3v) is 4.18. The van der Waals surface area contributed by atoms with E-state index in [9.17, 15) is 9.59 Å². The smallest absolute Gasteiger partial charge is 0.220 e. The van der Waals surface area contributed by atoms with Gasteiger partial charge in [0.05, 0.1) is 16.5 Å². The second-order valence-corrected chi connectivity index (χ2v) is 6.21. The Kier molecular flexibility index (Phi) is 5.45. The van der Waals surface area contributed by atoms with Crippen molar-refractivity contribution in [3.8, 4) is 6.07 Å². The molecule has 0 aliphatic heterocycles. The van der Waals surface area contributed by atoms with Crippen LogP contribution in [0, 0.1) is 18.3 Å². The number of carbonyl (C=O) groups is 2. The van der Waals surface area contributed by atoms with Crippen LogP contribution >= 0.6 is 11.3 Å². The first kappa shape index (κ1) is 15.9. The van der Waals surface area contributed by atoms with Gasteiger partial charge in [-0.1, -0.05) is 12.1 Å². The molecule has 0 aliphatic rings. The summed E-state index contributed by atoms with van der Waals surface area (Å²) in [6.07, 6.45) is 0.387. The number of aryl methyl sites for hydroxylation is 1.